The molecule has 0 heterocycles. The molecule has 3 aromatic carbocycles. The number of aliphatic hydroxyl groups excluding tert-OH is 1. The van der Waals surface area contributed by atoms with E-state index in [1.165, 1.54) is 6.92 Å². The molecule has 9 N–H and O–H groups in total. The van der Waals surface area contributed by atoms with Gasteiger partial charge in [-0.2, -0.15) is 0 Å². The van der Waals surface area contributed by atoms with E-state index in [0.29, 0.717) is 17.7 Å². The van der Waals surface area contributed by atoms with Crippen molar-refractivity contribution in [1.29, 1.82) is 0 Å². The van der Waals surface area contributed by atoms with Crippen LogP contribution in [0.2, 0.25) is 0 Å². The summed E-state index contributed by atoms with van der Waals surface area (Å²) in [5, 5.41) is 25.0. The molecule has 0 bridgehead atoms. The van der Waals surface area contributed by atoms with E-state index in [-0.39, 0.29) is 51.9 Å². The van der Waals surface area contributed by atoms with Crippen molar-refractivity contribution in [2.45, 2.75) is 64.3 Å². The molecular formula is C40H51N7O9. The van der Waals surface area contributed by atoms with Gasteiger partial charge in [0.15, 0.2) is 0 Å². The molecule has 4 rings (SSSR count). The summed E-state index contributed by atoms with van der Waals surface area (Å²) in [6.45, 7) is 4.57. The van der Waals surface area contributed by atoms with Crippen LogP contribution in [0.4, 0.5) is 15.3 Å². The van der Waals surface area contributed by atoms with Gasteiger partial charge >= 0.3 is 12.1 Å². The highest BCUT2D eigenvalue weighted by atomic mass is 16.5. The van der Waals surface area contributed by atoms with Crippen molar-refractivity contribution in [2.24, 2.45) is 11.7 Å². The molecule has 56 heavy (non-hydrogen) atoms. The summed E-state index contributed by atoms with van der Waals surface area (Å²) in [5.74, 6) is -2.94. The third kappa shape index (κ3) is 12.5. The van der Waals surface area contributed by atoms with Crippen molar-refractivity contribution in [3.8, 4) is 11.1 Å². The fourth-order valence-electron chi connectivity index (χ4n) is 6.26. The first-order chi connectivity index (χ1) is 26.9. The first kappa shape index (κ1) is 42.7. The van der Waals surface area contributed by atoms with Gasteiger partial charge in [0.2, 0.25) is 23.6 Å². The van der Waals surface area contributed by atoms with Gasteiger partial charge in [-0.25, -0.2) is 9.59 Å². The Kier molecular flexibility index (Phi) is 16.2. The molecule has 0 saturated carbocycles. The van der Waals surface area contributed by atoms with E-state index >= 15 is 0 Å². The Balaban J connectivity index is 1.28. The monoisotopic (exact) mass is 773 g/mol. The van der Waals surface area contributed by atoms with Crippen molar-refractivity contribution < 1.29 is 43.3 Å². The topological polar surface area (TPSA) is 239 Å². The van der Waals surface area contributed by atoms with E-state index in [2.05, 4.69) is 31.9 Å². The van der Waals surface area contributed by atoms with Crippen LogP contribution >= 0.6 is 0 Å². The molecule has 0 fully saturated rings. The number of amides is 7. The number of hydrogen-bond acceptors (Lipinski definition) is 9. The summed E-state index contributed by atoms with van der Waals surface area (Å²) < 4.78 is 11.2. The highest BCUT2D eigenvalue weighted by Gasteiger charge is 2.32. The van der Waals surface area contributed by atoms with Crippen LogP contribution in [-0.2, 0) is 35.3 Å². The minimum Gasteiger partial charge on any atom is -0.449 e. The molecule has 1 aliphatic rings. The van der Waals surface area contributed by atoms with Crippen LogP contribution in [0.5, 0.6) is 0 Å². The summed E-state index contributed by atoms with van der Waals surface area (Å²) in [4.78, 5) is 76.0. The van der Waals surface area contributed by atoms with Crippen molar-refractivity contribution in [3.63, 3.8) is 0 Å². The minimum absolute atomic E-state index is 0.00815. The largest absolute Gasteiger partial charge is 0.449 e. The Labute approximate surface area is 325 Å². The Morgan fingerprint density at radius 3 is 2.00 bits per heavy atom. The number of nitrogens with one attached hydrogen (secondary N) is 6. The molecule has 0 spiro atoms. The lowest BCUT2D eigenvalue weighted by atomic mass is 9.98. The van der Waals surface area contributed by atoms with E-state index in [0.717, 1.165) is 22.3 Å². The number of rotatable bonds is 20. The molecule has 0 radical (unpaired) electrons. The maximum atomic E-state index is 13.6. The van der Waals surface area contributed by atoms with Gasteiger partial charge in [0.05, 0.1) is 19.8 Å². The number of hydrogen-bond donors (Lipinski definition) is 8. The van der Waals surface area contributed by atoms with Crippen LogP contribution in [-0.4, -0.2) is 91.9 Å². The number of aliphatic hydroxyl groups is 1. The average molecular weight is 774 g/mol. The van der Waals surface area contributed by atoms with Crippen molar-refractivity contribution >= 4 is 41.4 Å². The number of alkyl carbamates (subject to hydrolysis) is 1. The Morgan fingerprint density at radius 2 is 1.41 bits per heavy atom. The van der Waals surface area contributed by atoms with Gasteiger partial charge in [0.25, 0.3) is 0 Å². The Hall–Kier alpha value is -6.00. The van der Waals surface area contributed by atoms with E-state index in [1.54, 1.807) is 38.1 Å². The van der Waals surface area contributed by atoms with Gasteiger partial charge in [-0.3, -0.25) is 19.2 Å². The second kappa shape index (κ2) is 21.2. The van der Waals surface area contributed by atoms with E-state index in [9.17, 15) is 33.9 Å². The van der Waals surface area contributed by atoms with Crippen molar-refractivity contribution in [1.82, 2.24) is 26.6 Å². The number of carbonyl (C=O) groups excluding carboxylic acids is 6. The van der Waals surface area contributed by atoms with Crippen LogP contribution in [0.1, 0.15) is 56.2 Å². The number of anilines is 1. The molecule has 16 heteroatoms. The molecule has 7 amide bonds. The maximum Gasteiger partial charge on any atom is 0.407 e. The number of ether oxygens (including phenoxy) is 2. The zero-order valence-corrected chi connectivity index (χ0v) is 31.8. The standard InChI is InChI=1S/C40H51N7O9/c1-24(2)35(38(52)46-33(13-8-18-42-39(41)53)36(50)45-27-16-14-26(21-48)15-17-27)47-37(51)34(44-25(3)49)23-55-20-19-43-40(54)56-22-32-30-11-6-4-9-28(30)29-10-5-7-12-31(29)32/h4-7,9-12,14-17,24,32-35,48H,8,13,18-23H2,1-3H3,(H,43,54)(H,44,49)(H,45,50)(H,46,52)(H,47,51)(H3,41,42,53)/t33-,34-,35?/m0/s1. The molecular weight excluding hydrogens is 722 g/mol. The maximum absolute atomic E-state index is 13.6. The van der Waals surface area contributed by atoms with Crippen LogP contribution in [0.25, 0.3) is 11.1 Å². The lowest BCUT2D eigenvalue weighted by Crippen LogP contribution is -2.58. The van der Waals surface area contributed by atoms with Gasteiger partial charge in [0.1, 0.15) is 24.7 Å². The molecule has 1 aliphatic carbocycles. The number of benzene rings is 3. The normalized spacial score (nSPS) is 13.3. The quantitative estimate of drug-likeness (QED) is 0.0785. The molecule has 0 aliphatic heterocycles. The van der Waals surface area contributed by atoms with E-state index in [1.807, 2.05) is 48.5 Å². The van der Waals surface area contributed by atoms with Crippen LogP contribution in [0.15, 0.2) is 72.8 Å². The molecule has 0 aromatic heterocycles. The minimum atomic E-state index is -1.18. The third-order valence-electron chi connectivity index (χ3n) is 9.09. The molecule has 3 aromatic rings. The number of urea groups is 1. The summed E-state index contributed by atoms with van der Waals surface area (Å²) in [6, 6.07) is 18.4. The fraction of sp³-hybridized carbons (Fsp3) is 0.400. The lowest BCUT2D eigenvalue weighted by molar-refractivity contribution is -0.134. The second-order valence-electron chi connectivity index (χ2n) is 13.6. The highest BCUT2D eigenvalue weighted by Crippen LogP contribution is 2.44. The van der Waals surface area contributed by atoms with Crippen LogP contribution < -0.4 is 37.6 Å². The van der Waals surface area contributed by atoms with Gasteiger partial charge in [0, 0.05) is 31.6 Å². The summed E-state index contributed by atoms with van der Waals surface area (Å²) >= 11 is 0. The third-order valence-corrected chi connectivity index (χ3v) is 9.09. The van der Waals surface area contributed by atoms with Gasteiger partial charge in [-0.1, -0.05) is 74.5 Å². The Bertz CT molecular complexity index is 1790. The number of nitrogens with two attached hydrogens (primary N) is 1. The van der Waals surface area contributed by atoms with Crippen LogP contribution in [0.3, 0.4) is 0 Å². The first-order valence-electron chi connectivity index (χ1n) is 18.5. The number of carbonyl (C=O) groups is 6. The van der Waals surface area contributed by atoms with Crippen LogP contribution in [0, 0.1) is 5.92 Å². The molecule has 3 atom stereocenters. The highest BCUT2D eigenvalue weighted by molar-refractivity contribution is 5.99. The first-order valence-corrected chi connectivity index (χ1v) is 18.5. The lowest BCUT2D eigenvalue weighted by Gasteiger charge is -2.27. The fourth-order valence-corrected chi connectivity index (χ4v) is 6.26. The van der Waals surface area contributed by atoms with E-state index in [4.69, 9.17) is 15.2 Å². The predicted octanol–water partition coefficient (Wildman–Crippen LogP) is 2.25. The Morgan fingerprint density at radius 1 is 0.768 bits per heavy atom. The predicted molar refractivity (Wildman–Crippen MR) is 208 cm³/mol. The SMILES string of the molecule is CC(=O)N[C@@H](COCCNC(=O)OCC1c2ccccc2-c2ccccc21)C(=O)NC(C(=O)N[C@@H](CCCNC(N)=O)C(=O)Nc1ccc(CO)cc1)C(C)C. The zero-order valence-electron chi connectivity index (χ0n) is 31.8. The molecule has 16 nitrogen and oxygen atoms in total. The van der Waals surface area contributed by atoms with E-state index < -0.39 is 59.8 Å². The molecule has 300 valence electrons. The summed E-state index contributed by atoms with van der Waals surface area (Å²) in [7, 11) is 0. The zero-order chi connectivity index (χ0) is 40.6. The number of fused-ring (bicyclic) bond motifs is 3. The summed E-state index contributed by atoms with van der Waals surface area (Å²) in [5.41, 5.74) is 10.6. The molecule has 0 saturated heterocycles. The van der Waals surface area contributed by atoms with Gasteiger partial charge < -0.3 is 52.2 Å². The van der Waals surface area contributed by atoms with Crippen molar-refractivity contribution in [2.75, 3.05) is 38.2 Å². The smallest absolute Gasteiger partial charge is 0.407 e. The van der Waals surface area contributed by atoms with Gasteiger partial charge in [-0.15, -0.1) is 0 Å². The van der Waals surface area contributed by atoms with Crippen molar-refractivity contribution in [3.05, 3.63) is 89.5 Å². The van der Waals surface area contributed by atoms with Gasteiger partial charge in [-0.05, 0) is 58.7 Å². The summed E-state index contributed by atoms with van der Waals surface area (Å²) in [6.07, 6.45) is -0.215. The average Bonchev–Trinajstić information content (AvgIpc) is 3.49. The molecule has 1 unspecified atom stereocenters. The number of primary amides is 1. The second-order valence-corrected chi connectivity index (χ2v) is 13.6.